The van der Waals surface area contributed by atoms with Crippen LogP contribution in [0, 0.1) is 0 Å². The molecule has 0 aliphatic rings. The molecule has 22 heavy (non-hydrogen) atoms. The third-order valence-corrected chi connectivity index (χ3v) is 3.99. The third-order valence-electron chi connectivity index (χ3n) is 3.40. The summed E-state index contributed by atoms with van der Waals surface area (Å²) in [5.74, 6) is 0. The molecule has 1 unspecified atom stereocenters. The molecular formula is C16H14Cl2N4. The molecule has 2 aromatic heterocycles. The zero-order valence-electron chi connectivity index (χ0n) is 11.9. The number of pyridine rings is 1. The van der Waals surface area contributed by atoms with E-state index in [1.165, 1.54) is 0 Å². The van der Waals surface area contributed by atoms with Gasteiger partial charge in [0, 0.05) is 23.0 Å². The lowest BCUT2D eigenvalue weighted by Crippen LogP contribution is -2.22. The van der Waals surface area contributed by atoms with Gasteiger partial charge in [-0.05, 0) is 36.8 Å². The van der Waals surface area contributed by atoms with Crippen molar-refractivity contribution < 1.29 is 0 Å². The van der Waals surface area contributed by atoms with E-state index in [1.54, 1.807) is 17.1 Å². The van der Waals surface area contributed by atoms with Crippen molar-refractivity contribution in [2.45, 2.75) is 18.3 Å². The first-order valence-corrected chi connectivity index (χ1v) is 7.56. The average Bonchev–Trinajstić information content (AvgIpc) is 2.96. The summed E-state index contributed by atoms with van der Waals surface area (Å²) in [6.45, 7) is 2.45. The van der Waals surface area contributed by atoms with Gasteiger partial charge in [0.15, 0.2) is 0 Å². The van der Waals surface area contributed by atoms with Gasteiger partial charge in [-0.15, -0.1) is 16.7 Å². The number of hydrogen-bond donors (Lipinski definition) is 0. The van der Waals surface area contributed by atoms with Gasteiger partial charge in [-0.2, -0.15) is 0 Å². The normalized spacial score (nSPS) is 13.8. The average molecular weight is 333 g/mol. The van der Waals surface area contributed by atoms with Crippen molar-refractivity contribution >= 4 is 23.2 Å². The zero-order valence-corrected chi connectivity index (χ0v) is 13.5. The molecule has 0 amide bonds. The van der Waals surface area contributed by atoms with Gasteiger partial charge in [-0.25, -0.2) is 4.68 Å². The van der Waals surface area contributed by atoms with E-state index in [0.717, 1.165) is 16.8 Å². The molecule has 0 aliphatic carbocycles. The van der Waals surface area contributed by atoms with E-state index >= 15 is 0 Å². The summed E-state index contributed by atoms with van der Waals surface area (Å²) >= 11 is 12.6. The van der Waals surface area contributed by atoms with E-state index in [-0.39, 0.29) is 0 Å². The predicted molar refractivity (Wildman–Crippen MR) is 87.9 cm³/mol. The lowest BCUT2D eigenvalue weighted by atomic mass is 10.0. The number of alkyl halides is 1. The summed E-state index contributed by atoms with van der Waals surface area (Å²) in [5, 5.41) is 9.01. The van der Waals surface area contributed by atoms with Crippen LogP contribution >= 0.6 is 23.2 Å². The minimum absolute atomic E-state index is 0.503. The Labute approximate surface area is 138 Å². The molecule has 3 aromatic rings. The molecule has 2 heterocycles. The fourth-order valence-corrected chi connectivity index (χ4v) is 2.59. The summed E-state index contributed by atoms with van der Waals surface area (Å²) in [5.41, 5.74) is 2.69. The number of hydrogen-bond acceptors (Lipinski definition) is 3. The largest absolute Gasteiger partial charge is 0.264 e. The maximum atomic E-state index is 6.66. The van der Waals surface area contributed by atoms with Gasteiger partial charge in [0.1, 0.15) is 5.69 Å². The summed E-state index contributed by atoms with van der Waals surface area (Å²) in [7, 11) is 0. The zero-order chi connectivity index (χ0) is 15.6. The smallest absolute Gasteiger partial charge is 0.114 e. The molecule has 0 fully saturated rings. The van der Waals surface area contributed by atoms with Crippen LogP contribution in [-0.2, 0) is 11.4 Å². The minimum atomic E-state index is -0.593. The SMILES string of the molecule is CC(Cl)(Cn1cc(-c2cccnc2)nn1)c1ccc(Cl)cc1. The van der Waals surface area contributed by atoms with E-state index in [1.807, 2.05) is 49.5 Å². The highest BCUT2D eigenvalue weighted by atomic mass is 35.5. The molecule has 6 heteroatoms. The molecular weight excluding hydrogens is 319 g/mol. The van der Waals surface area contributed by atoms with Crippen molar-refractivity contribution in [2.24, 2.45) is 0 Å². The second-order valence-electron chi connectivity index (χ2n) is 5.25. The van der Waals surface area contributed by atoms with Crippen LogP contribution in [0.2, 0.25) is 5.02 Å². The molecule has 3 rings (SSSR count). The van der Waals surface area contributed by atoms with E-state index in [2.05, 4.69) is 15.3 Å². The molecule has 1 atom stereocenters. The van der Waals surface area contributed by atoms with Crippen LogP contribution in [0.25, 0.3) is 11.3 Å². The molecule has 112 valence electrons. The molecule has 1 aromatic carbocycles. The Hall–Kier alpha value is -1.91. The van der Waals surface area contributed by atoms with Crippen LogP contribution in [0.1, 0.15) is 12.5 Å². The monoisotopic (exact) mass is 332 g/mol. The van der Waals surface area contributed by atoms with Crippen molar-refractivity contribution in [2.75, 3.05) is 0 Å². The van der Waals surface area contributed by atoms with Crippen LogP contribution in [-0.4, -0.2) is 20.0 Å². The number of aromatic nitrogens is 4. The standard InChI is InChI=1S/C16H14Cl2N4/c1-16(18,13-4-6-14(17)7-5-13)11-22-10-15(20-21-22)12-3-2-8-19-9-12/h2-10H,11H2,1H3. The van der Waals surface area contributed by atoms with Gasteiger partial charge in [-0.1, -0.05) is 28.9 Å². The summed E-state index contributed by atoms with van der Waals surface area (Å²) in [4.78, 5) is 3.49. The second kappa shape index (κ2) is 6.07. The highest BCUT2D eigenvalue weighted by Gasteiger charge is 2.25. The maximum absolute atomic E-state index is 6.66. The van der Waals surface area contributed by atoms with Gasteiger partial charge in [0.05, 0.1) is 17.6 Å². The van der Waals surface area contributed by atoms with Crippen molar-refractivity contribution in [3.63, 3.8) is 0 Å². The van der Waals surface area contributed by atoms with Gasteiger partial charge in [-0.3, -0.25) is 4.98 Å². The topological polar surface area (TPSA) is 43.6 Å². The lowest BCUT2D eigenvalue weighted by Gasteiger charge is -2.22. The van der Waals surface area contributed by atoms with Crippen molar-refractivity contribution in [1.82, 2.24) is 20.0 Å². The van der Waals surface area contributed by atoms with Gasteiger partial charge in [0.25, 0.3) is 0 Å². The lowest BCUT2D eigenvalue weighted by molar-refractivity contribution is 0.485. The Morgan fingerprint density at radius 2 is 1.95 bits per heavy atom. The highest BCUT2D eigenvalue weighted by Crippen LogP contribution is 2.31. The van der Waals surface area contributed by atoms with Crippen molar-refractivity contribution in [3.05, 3.63) is 65.6 Å². The maximum Gasteiger partial charge on any atom is 0.114 e. The van der Waals surface area contributed by atoms with E-state index in [4.69, 9.17) is 23.2 Å². The fourth-order valence-electron chi connectivity index (χ4n) is 2.22. The first-order valence-electron chi connectivity index (χ1n) is 6.80. The number of nitrogens with zero attached hydrogens (tertiary/aromatic N) is 4. The fraction of sp³-hybridized carbons (Fsp3) is 0.188. The van der Waals surface area contributed by atoms with Crippen LogP contribution < -0.4 is 0 Å². The minimum Gasteiger partial charge on any atom is -0.264 e. The second-order valence-corrected chi connectivity index (χ2v) is 6.52. The van der Waals surface area contributed by atoms with Crippen LogP contribution in [0.5, 0.6) is 0 Å². The summed E-state index contributed by atoms with van der Waals surface area (Å²) in [6, 6.07) is 11.3. The predicted octanol–water partition coefficient (Wildman–Crippen LogP) is 4.15. The van der Waals surface area contributed by atoms with E-state index < -0.39 is 4.87 Å². The number of benzene rings is 1. The first-order chi connectivity index (χ1) is 10.5. The summed E-state index contributed by atoms with van der Waals surface area (Å²) < 4.78 is 1.74. The molecule has 0 aliphatic heterocycles. The van der Waals surface area contributed by atoms with Crippen LogP contribution in [0.4, 0.5) is 0 Å². The van der Waals surface area contributed by atoms with Crippen LogP contribution in [0.15, 0.2) is 55.0 Å². The number of rotatable bonds is 4. The molecule has 0 N–H and O–H groups in total. The Morgan fingerprint density at radius 1 is 1.18 bits per heavy atom. The molecule has 0 radical (unpaired) electrons. The molecule has 0 spiro atoms. The molecule has 0 bridgehead atoms. The molecule has 4 nitrogen and oxygen atoms in total. The number of halogens is 2. The Morgan fingerprint density at radius 3 is 2.64 bits per heavy atom. The highest BCUT2D eigenvalue weighted by molar-refractivity contribution is 6.30. The first kappa shape index (κ1) is 15.0. The summed E-state index contributed by atoms with van der Waals surface area (Å²) in [6.07, 6.45) is 5.35. The van der Waals surface area contributed by atoms with Crippen molar-refractivity contribution in [1.29, 1.82) is 0 Å². The molecule has 0 saturated heterocycles. The van der Waals surface area contributed by atoms with E-state index in [0.29, 0.717) is 11.6 Å². The molecule has 0 saturated carbocycles. The van der Waals surface area contributed by atoms with Gasteiger partial charge < -0.3 is 0 Å². The Bertz CT molecular complexity index is 751. The Kier molecular flexibility index (Phi) is 4.14. The van der Waals surface area contributed by atoms with Crippen LogP contribution in [0.3, 0.4) is 0 Å². The Balaban J connectivity index is 1.81. The third kappa shape index (κ3) is 3.29. The van der Waals surface area contributed by atoms with Gasteiger partial charge >= 0.3 is 0 Å². The van der Waals surface area contributed by atoms with E-state index in [9.17, 15) is 0 Å². The van der Waals surface area contributed by atoms with Crippen molar-refractivity contribution in [3.8, 4) is 11.3 Å². The van der Waals surface area contributed by atoms with Gasteiger partial charge in [0.2, 0.25) is 0 Å². The quantitative estimate of drug-likeness (QED) is 0.674.